The lowest BCUT2D eigenvalue weighted by Crippen LogP contribution is -2.67. The van der Waals surface area contributed by atoms with Crippen molar-refractivity contribution in [2.45, 2.75) is 107 Å². The molecule has 32 heavy (non-hydrogen) atoms. The second-order valence-electron chi connectivity index (χ2n) is 13.1. The standard InChI is InChI=1S/C24H35N3O5/c1-20(2,3)32-19(30)26-16(21-5-13-4-14(6-21)8-23(31,7-13)10-21)18(29)27-15(17(25)28)9-22-11-24(22,27)12-22/h13-16,31H,4-12H2,1-3H3,(H2,25,28)(H,26,30). The molecule has 6 aliphatic carbocycles. The maximum Gasteiger partial charge on any atom is 0.408 e. The molecular formula is C24H35N3O5. The Labute approximate surface area is 188 Å². The molecule has 1 heterocycles. The quantitative estimate of drug-likeness (QED) is 0.609. The summed E-state index contributed by atoms with van der Waals surface area (Å²) in [6.07, 6.45) is 6.63. The molecule has 4 unspecified atom stereocenters. The van der Waals surface area contributed by atoms with Crippen molar-refractivity contribution in [2.24, 2.45) is 28.4 Å². The molecule has 8 nitrogen and oxygen atoms in total. The van der Waals surface area contributed by atoms with Gasteiger partial charge in [-0.15, -0.1) is 0 Å². The topological polar surface area (TPSA) is 122 Å². The molecule has 0 aromatic heterocycles. The van der Waals surface area contributed by atoms with Crippen LogP contribution in [-0.2, 0) is 14.3 Å². The molecule has 0 spiro atoms. The Morgan fingerprint density at radius 1 is 1.06 bits per heavy atom. The Kier molecular flexibility index (Phi) is 3.76. The maximum absolute atomic E-state index is 14.2. The molecule has 1 saturated heterocycles. The molecule has 0 aromatic rings. The van der Waals surface area contributed by atoms with Gasteiger partial charge >= 0.3 is 6.09 Å². The number of hydrogen-bond acceptors (Lipinski definition) is 5. The summed E-state index contributed by atoms with van der Waals surface area (Å²) in [7, 11) is 0. The third-order valence-corrected chi connectivity index (χ3v) is 9.52. The van der Waals surface area contributed by atoms with Gasteiger partial charge in [0.1, 0.15) is 17.7 Å². The lowest BCUT2D eigenvalue weighted by atomic mass is 9.46. The fourth-order valence-corrected chi connectivity index (χ4v) is 8.75. The molecular weight excluding hydrogens is 410 g/mol. The van der Waals surface area contributed by atoms with Crippen LogP contribution in [0, 0.1) is 22.7 Å². The molecule has 7 aliphatic rings. The average molecular weight is 446 g/mol. The number of carbonyl (C=O) groups is 3. The lowest BCUT2D eigenvalue weighted by Gasteiger charge is -2.62. The van der Waals surface area contributed by atoms with Crippen molar-refractivity contribution in [3.8, 4) is 0 Å². The number of piperidine rings is 2. The summed E-state index contributed by atoms with van der Waals surface area (Å²) in [6, 6.07) is -1.42. The molecule has 3 amide bonds. The van der Waals surface area contributed by atoms with E-state index in [1.165, 1.54) is 0 Å². The van der Waals surface area contributed by atoms with Crippen molar-refractivity contribution in [2.75, 3.05) is 0 Å². The van der Waals surface area contributed by atoms with Gasteiger partial charge in [-0.05, 0) is 90.4 Å². The first kappa shape index (κ1) is 20.8. The zero-order valence-corrected chi connectivity index (χ0v) is 19.3. The Morgan fingerprint density at radius 3 is 2.22 bits per heavy atom. The highest BCUT2D eigenvalue weighted by molar-refractivity contribution is 5.95. The highest BCUT2D eigenvalue weighted by atomic mass is 16.6. The number of nitrogens with zero attached hydrogens (tertiary/aromatic N) is 1. The van der Waals surface area contributed by atoms with Gasteiger partial charge in [-0.3, -0.25) is 9.59 Å². The normalized spacial score (nSPS) is 48.0. The Balaban J connectivity index is 1.35. The van der Waals surface area contributed by atoms with E-state index in [2.05, 4.69) is 5.32 Å². The van der Waals surface area contributed by atoms with Gasteiger partial charge in [-0.25, -0.2) is 4.79 Å². The second-order valence-corrected chi connectivity index (χ2v) is 13.1. The van der Waals surface area contributed by atoms with Crippen molar-refractivity contribution in [1.82, 2.24) is 10.2 Å². The summed E-state index contributed by atoms with van der Waals surface area (Å²) >= 11 is 0. The zero-order valence-electron chi connectivity index (χ0n) is 19.3. The van der Waals surface area contributed by atoms with Crippen LogP contribution in [0.5, 0.6) is 0 Å². The van der Waals surface area contributed by atoms with Gasteiger partial charge in [0.05, 0.1) is 11.1 Å². The van der Waals surface area contributed by atoms with Crippen LogP contribution in [0.2, 0.25) is 0 Å². The molecule has 0 aromatic carbocycles. The first-order valence-corrected chi connectivity index (χ1v) is 12.1. The zero-order chi connectivity index (χ0) is 22.9. The molecule has 176 valence electrons. The Morgan fingerprint density at radius 2 is 1.69 bits per heavy atom. The van der Waals surface area contributed by atoms with E-state index >= 15 is 0 Å². The fourth-order valence-electron chi connectivity index (χ4n) is 8.75. The first-order valence-electron chi connectivity index (χ1n) is 12.1. The third-order valence-electron chi connectivity index (χ3n) is 9.52. The van der Waals surface area contributed by atoms with E-state index in [-0.39, 0.29) is 16.9 Å². The molecule has 4 N–H and O–H groups in total. The van der Waals surface area contributed by atoms with E-state index in [1.807, 2.05) is 0 Å². The van der Waals surface area contributed by atoms with Gasteiger partial charge in [0.15, 0.2) is 0 Å². The molecule has 4 atom stereocenters. The van der Waals surface area contributed by atoms with Crippen LogP contribution in [0.3, 0.4) is 0 Å². The van der Waals surface area contributed by atoms with E-state index in [0.717, 1.165) is 44.9 Å². The number of nitrogens with two attached hydrogens (primary N) is 1. The minimum Gasteiger partial charge on any atom is -0.444 e. The largest absolute Gasteiger partial charge is 0.444 e. The number of likely N-dealkylation sites (tertiary alicyclic amines) is 1. The summed E-state index contributed by atoms with van der Waals surface area (Å²) in [5.74, 6) is 0.0504. The molecule has 7 fully saturated rings. The molecule has 7 rings (SSSR count). The van der Waals surface area contributed by atoms with Crippen LogP contribution >= 0.6 is 0 Å². The van der Waals surface area contributed by atoms with Crippen molar-refractivity contribution in [1.29, 1.82) is 0 Å². The number of primary amides is 1. The number of amides is 3. The summed E-state index contributed by atoms with van der Waals surface area (Å²) in [6.45, 7) is 5.38. The molecule has 8 heteroatoms. The monoisotopic (exact) mass is 445 g/mol. The van der Waals surface area contributed by atoms with Gasteiger partial charge in [-0.2, -0.15) is 0 Å². The number of alkyl carbamates (subject to hydrolysis) is 1. The van der Waals surface area contributed by atoms with E-state index in [0.29, 0.717) is 24.7 Å². The molecule has 4 bridgehead atoms. The number of carbonyl (C=O) groups excluding carboxylic acids is 3. The van der Waals surface area contributed by atoms with E-state index < -0.39 is 40.7 Å². The van der Waals surface area contributed by atoms with Gasteiger partial charge in [0.2, 0.25) is 11.8 Å². The minimum atomic E-state index is -0.817. The van der Waals surface area contributed by atoms with Crippen molar-refractivity contribution in [3.05, 3.63) is 0 Å². The van der Waals surface area contributed by atoms with Crippen LogP contribution in [0.15, 0.2) is 0 Å². The summed E-state index contributed by atoms with van der Waals surface area (Å²) in [5, 5.41) is 14.2. The number of hydrogen-bond donors (Lipinski definition) is 3. The van der Waals surface area contributed by atoms with Crippen molar-refractivity contribution < 1.29 is 24.2 Å². The number of aliphatic hydroxyl groups is 1. The Hall–Kier alpha value is -1.83. The molecule has 0 radical (unpaired) electrons. The van der Waals surface area contributed by atoms with Crippen LogP contribution in [0.4, 0.5) is 4.79 Å². The summed E-state index contributed by atoms with van der Waals surface area (Å²) < 4.78 is 5.54. The van der Waals surface area contributed by atoms with Crippen LogP contribution in [-0.4, -0.2) is 56.7 Å². The molecule has 1 aliphatic heterocycles. The van der Waals surface area contributed by atoms with Gasteiger partial charge in [0, 0.05) is 10.8 Å². The average Bonchev–Trinajstić information content (AvgIpc) is 3.37. The highest BCUT2D eigenvalue weighted by Crippen LogP contribution is 2.87. The maximum atomic E-state index is 14.2. The Bertz CT molecular complexity index is 903. The van der Waals surface area contributed by atoms with Crippen LogP contribution in [0.1, 0.15) is 78.6 Å². The van der Waals surface area contributed by atoms with E-state index in [9.17, 15) is 19.5 Å². The second kappa shape index (κ2) is 5.80. The minimum absolute atomic E-state index is 0.0680. The van der Waals surface area contributed by atoms with Gasteiger partial charge in [0.25, 0.3) is 0 Å². The van der Waals surface area contributed by atoms with Gasteiger partial charge in [-0.1, -0.05) is 0 Å². The number of nitrogens with one attached hydrogen (secondary N) is 1. The van der Waals surface area contributed by atoms with Crippen LogP contribution < -0.4 is 11.1 Å². The van der Waals surface area contributed by atoms with E-state index in [4.69, 9.17) is 10.5 Å². The SMILES string of the molecule is CC(C)(C)OC(=O)NC(C(=O)N1C(C(N)=O)CC23CC12C3)C12CC3CC(CC(O)(C3)C1)C2. The van der Waals surface area contributed by atoms with Crippen LogP contribution in [0.25, 0.3) is 0 Å². The van der Waals surface area contributed by atoms with Crippen molar-refractivity contribution in [3.63, 3.8) is 0 Å². The van der Waals surface area contributed by atoms with Gasteiger partial charge < -0.3 is 25.8 Å². The van der Waals surface area contributed by atoms with E-state index in [1.54, 1.807) is 25.7 Å². The first-order chi connectivity index (χ1) is 14.8. The highest BCUT2D eigenvalue weighted by Gasteiger charge is 2.91. The van der Waals surface area contributed by atoms with Crippen molar-refractivity contribution >= 4 is 17.9 Å². The summed E-state index contributed by atoms with van der Waals surface area (Å²) in [5.41, 5.74) is 3.56. The number of ether oxygens (including phenoxy) is 1. The predicted octanol–water partition coefficient (Wildman–Crippen LogP) is 1.83. The lowest BCUT2D eigenvalue weighted by molar-refractivity contribution is -0.181. The fraction of sp³-hybridized carbons (Fsp3) is 0.875. The smallest absolute Gasteiger partial charge is 0.408 e. The number of rotatable bonds is 4. The molecule has 6 saturated carbocycles. The predicted molar refractivity (Wildman–Crippen MR) is 114 cm³/mol. The third kappa shape index (κ3) is 2.74. The summed E-state index contributed by atoms with van der Waals surface area (Å²) in [4.78, 5) is 41.1.